The predicted molar refractivity (Wildman–Crippen MR) is 68.5 cm³/mol. The highest BCUT2D eigenvalue weighted by Gasteiger charge is 2.21. The van der Waals surface area contributed by atoms with E-state index in [2.05, 4.69) is 24.1 Å². The molecule has 1 aromatic carbocycles. The van der Waals surface area contributed by atoms with Crippen molar-refractivity contribution >= 4 is 0 Å². The lowest BCUT2D eigenvalue weighted by Crippen LogP contribution is -2.53. The summed E-state index contributed by atoms with van der Waals surface area (Å²) in [7, 11) is 0. The number of piperazine rings is 1. The number of nitrogens with one attached hydrogen (secondary N) is 1. The van der Waals surface area contributed by atoms with Gasteiger partial charge in [-0.05, 0) is 44.0 Å². The molecule has 2 nitrogen and oxygen atoms in total. The van der Waals surface area contributed by atoms with Gasteiger partial charge in [0.05, 0.1) is 0 Å². The molecule has 2 rings (SSSR count). The van der Waals surface area contributed by atoms with Crippen molar-refractivity contribution in [2.75, 3.05) is 13.1 Å². The van der Waals surface area contributed by atoms with Crippen LogP contribution in [0.25, 0.3) is 0 Å². The highest BCUT2D eigenvalue weighted by Crippen LogP contribution is 2.15. The van der Waals surface area contributed by atoms with Crippen molar-refractivity contribution in [1.29, 1.82) is 0 Å². The summed E-state index contributed by atoms with van der Waals surface area (Å²) in [6.45, 7) is 9.43. The van der Waals surface area contributed by atoms with Crippen LogP contribution < -0.4 is 5.32 Å². The number of benzene rings is 1. The highest BCUT2D eigenvalue weighted by molar-refractivity contribution is 5.26. The van der Waals surface area contributed by atoms with Gasteiger partial charge in [-0.15, -0.1) is 0 Å². The standard InChI is InChI=1S/C14H21FN2/c1-10-6-14(15)5-4-13(10)9-17-7-11(2)16-12(3)8-17/h4-6,11-12,16H,7-9H2,1-3H3. The summed E-state index contributed by atoms with van der Waals surface area (Å²) in [5.74, 6) is -0.145. The molecule has 1 aliphatic rings. The Kier molecular flexibility index (Phi) is 3.79. The summed E-state index contributed by atoms with van der Waals surface area (Å²) in [4.78, 5) is 2.44. The molecule has 1 heterocycles. The highest BCUT2D eigenvalue weighted by atomic mass is 19.1. The van der Waals surface area contributed by atoms with Gasteiger partial charge in [0, 0.05) is 31.7 Å². The fraction of sp³-hybridized carbons (Fsp3) is 0.571. The Hall–Kier alpha value is -0.930. The number of hydrogen-bond donors (Lipinski definition) is 1. The van der Waals surface area contributed by atoms with E-state index in [9.17, 15) is 4.39 Å². The Morgan fingerprint density at radius 1 is 1.29 bits per heavy atom. The van der Waals surface area contributed by atoms with Gasteiger partial charge < -0.3 is 5.32 Å². The Morgan fingerprint density at radius 3 is 2.53 bits per heavy atom. The lowest BCUT2D eigenvalue weighted by atomic mass is 10.1. The van der Waals surface area contributed by atoms with Crippen LogP contribution >= 0.6 is 0 Å². The lowest BCUT2D eigenvalue weighted by molar-refractivity contribution is 0.166. The van der Waals surface area contributed by atoms with Gasteiger partial charge in [0.1, 0.15) is 5.82 Å². The minimum atomic E-state index is -0.145. The van der Waals surface area contributed by atoms with Crippen LogP contribution in [0.2, 0.25) is 0 Å². The Balaban J connectivity index is 2.04. The number of nitrogens with zero attached hydrogens (tertiary/aromatic N) is 1. The van der Waals surface area contributed by atoms with Crippen LogP contribution in [0.4, 0.5) is 4.39 Å². The monoisotopic (exact) mass is 236 g/mol. The summed E-state index contributed by atoms with van der Waals surface area (Å²) >= 11 is 0. The average molecular weight is 236 g/mol. The summed E-state index contributed by atoms with van der Waals surface area (Å²) in [6, 6.07) is 6.13. The van der Waals surface area contributed by atoms with Gasteiger partial charge in [-0.2, -0.15) is 0 Å². The van der Waals surface area contributed by atoms with Crippen molar-refractivity contribution in [1.82, 2.24) is 10.2 Å². The SMILES string of the molecule is Cc1cc(F)ccc1CN1CC(C)NC(C)C1. The number of halogens is 1. The van der Waals surface area contributed by atoms with E-state index in [1.54, 1.807) is 12.1 Å². The van der Waals surface area contributed by atoms with Crippen LogP contribution in [-0.4, -0.2) is 30.1 Å². The molecule has 1 fully saturated rings. The first-order valence-electron chi connectivity index (χ1n) is 6.28. The molecule has 1 aliphatic heterocycles. The number of hydrogen-bond acceptors (Lipinski definition) is 2. The quantitative estimate of drug-likeness (QED) is 0.847. The van der Waals surface area contributed by atoms with Gasteiger partial charge in [-0.3, -0.25) is 4.90 Å². The Morgan fingerprint density at radius 2 is 1.94 bits per heavy atom. The maximum Gasteiger partial charge on any atom is 0.123 e. The molecular formula is C14H21FN2. The third-order valence-electron chi connectivity index (χ3n) is 3.33. The number of rotatable bonds is 2. The summed E-state index contributed by atoms with van der Waals surface area (Å²) < 4.78 is 13.0. The molecule has 0 amide bonds. The molecule has 0 saturated carbocycles. The van der Waals surface area contributed by atoms with Crippen molar-refractivity contribution < 1.29 is 4.39 Å². The zero-order chi connectivity index (χ0) is 12.4. The van der Waals surface area contributed by atoms with E-state index in [1.807, 2.05) is 13.0 Å². The van der Waals surface area contributed by atoms with Crippen LogP contribution in [0.1, 0.15) is 25.0 Å². The van der Waals surface area contributed by atoms with Crippen molar-refractivity contribution in [3.8, 4) is 0 Å². The minimum absolute atomic E-state index is 0.145. The molecule has 94 valence electrons. The molecule has 2 atom stereocenters. The second kappa shape index (κ2) is 5.15. The first-order valence-corrected chi connectivity index (χ1v) is 6.28. The maximum absolute atomic E-state index is 13.0. The van der Waals surface area contributed by atoms with E-state index in [-0.39, 0.29) is 5.82 Å². The van der Waals surface area contributed by atoms with E-state index in [0.717, 1.165) is 25.2 Å². The average Bonchev–Trinajstić information content (AvgIpc) is 2.21. The van der Waals surface area contributed by atoms with Crippen molar-refractivity contribution in [2.45, 2.75) is 39.4 Å². The summed E-state index contributed by atoms with van der Waals surface area (Å²) in [5, 5.41) is 3.52. The molecule has 0 aromatic heterocycles. The van der Waals surface area contributed by atoms with Crippen molar-refractivity contribution in [3.05, 3.63) is 35.1 Å². The molecule has 1 N–H and O–H groups in total. The lowest BCUT2D eigenvalue weighted by Gasteiger charge is -2.36. The van der Waals surface area contributed by atoms with Gasteiger partial charge in [0.25, 0.3) is 0 Å². The van der Waals surface area contributed by atoms with Crippen LogP contribution in [0.15, 0.2) is 18.2 Å². The molecular weight excluding hydrogens is 215 g/mol. The van der Waals surface area contributed by atoms with Gasteiger partial charge >= 0.3 is 0 Å². The van der Waals surface area contributed by atoms with E-state index in [0.29, 0.717) is 12.1 Å². The minimum Gasteiger partial charge on any atom is -0.309 e. The van der Waals surface area contributed by atoms with Gasteiger partial charge in [-0.25, -0.2) is 4.39 Å². The summed E-state index contributed by atoms with van der Waals surface area (Å²) in [5.41, 5.74) is 2.27. The van der Waals surface area contributed by atoms with E-state index < -0.39 is 0 Å². The molecule has 0 radical (unpaired) electrons. The molecule has 1 saturated heterocycles. The predicted octanol–water partition coefficient (Wildman–Crippen LogP) is 2.32. The Labute approximate surface area is 103 Å². The number of aryl methyl sites for hydroxylation is 1. The second-order valence-electron chi connectivity index (χ2n) is 5.23. The first-order chi connectivity index (χ1) is 8.04. The third kappa shape index (κ3) is 3.27. The fourth-order valence-corrected chi connectivity index (χ4v) is 2.65. The second-order valence-corrected chi connectivity index (χ2v) is 5.23. The van der Waals surface area contributed by atoms with Gasteiger partial charge in [0.15, 0.2) is 0 Å². The van der Waals surface area contributed by atoms with Gasteiger partial charge in [-0.1, -0.05) is 6.07 Å². The zero-order valence-electron chi connectivity index (χ0n) is 10.8. The smallest absolute Gasteiger partial charge is 0.123 e. The largest absolute Gasteiger partial charge is 0.309 e. The van der Waals surface area contributed by atoms with E-state index in [4.69, 9.17) is 0 Å². The van der Waals surface area contributed by atoms with E-state index in [1.165, 1.54) is 5.56 Å². The molecule has 2 unspecified atom stereocenters. The topological polar surface area (TPSA) is 15.3 Å². The first kappa shape index (κ1) is 12.5. The molecule has 3 heteroatoms. The van der Waals surface area contributed by atoms with Crippen LogP contribution in [0.3, 0.4) is 0 Å². The fourth-order valence-electron chi connectivity index (χ4n) is 2.65. The molecule has 0 bridgehead atoms. The van der Waals surface area contributed by atoms with Crippen LogP contribution in [-0.2, 0) is 6.54 Å². The molecule has 0 spiro atoms. The Bertz CT molecular complexity index is 382. The van der Waals surface area contributed by atoms with E-state index >= 15 is 0 Å². The molecule has 0 aliphatic carbocycles. The molecule has 17 heavy (non-hydrogen) atoms. The maximum atomic E-state index is 13.0. The molecule has 1 aromatic rings. The van der Waals surface area contributed by atoms with Crippen LogP contribution in [0.5, 0.6) is 0 Å². The summed E-state index contributed by atoms with van der Waals surface area (Å²) in [6.07, 6.45) is 0. The van der Waals surface area contributed by atoms with Crippen molar-refractivity contribution in [2.24, 2.45) is 0 Å². The van der Waals surface area contributed by atoms with Crippen LogP contribution in [0, 0.1) is 12.7 Å². The zero-order valence-corrected chi connectivity index (χ0v) is 10.8. The third-order valence-corrected chi connectivity index (χ3v) is 3.33. The van der Waals surface area contributed by atoms with Gasteiger partial charge in [0.2, 0.25) is 0 Å². The van der Waals surface area contributed by atoms with Crippen molar-refractivity contribution in [3.63, 3.8) is 0 Å². The normalized spacial score (nSPS) is 26.1.